The van der Waals surface area contributed by atoms with Crippen LogP contribution in [0, 0.1) is 0 Å². The second-order valence-corrected chi connectivity index (χ2v) is 5.36. The van der Waals surface area contributed by atoms with Crippen LogP contribution >= 0.6 is 0 Å². The zero-order chi connectivity index (χ0) is 14.4. The average molecular weight is 276 g/mol. The molecule has 0 saturated carbocycles. The van der Waals surface area contributed by atoms with Gasteiger partial charge in [-0.1, -0.05) is 12.5 Å². The number of piperidine rings is 1. The minimum Gasteiger partial charge on any atom is -0.497 e. The Bertz CT molecular complexity index is 442. The fraction of sp³-hybridized carbons (Fsp3) is 0.562. The molecule has 1 aromatic rings. The summed E-state index contributed by atoms with van der Waals surface area (Å²) < 4.78 is 5.16. The van der Waals surface area contributed by atoms with Crippen molar-refractivity contribution in [3.05, 3.63) is 29.8 Å². The maximum absolute atomic E-state index is 12.3. The van der Waals surface area contributed by atoms with E-state index in [1.165, 1.54) is 32.4 Å². The third kappa shape index (κ3) is 3.97. The quantitative estimate of drug-likeness (QED) is 0.827. The number of hydrogen-bond acceptors (Lipinski definition) is 3. The van der Waals surface area contributed by atoms with E-state index in [0.717, 1.165) is 18.8 Å². The number of likely N-dealkylation sites (tertiary alicyclic amines) is 1. The summed E-state index contributed by atoms with van der Waals surface area (Å²) in [5.74, 6) is 0.779. The van der Waals surface area contributed by atoms with E-state index >= 15 is 0 Å². The van der Waals surface area contributed by atoms with Crippen LogP contribution in [0.4, 0.5) is 0 Å². The molecule has 1 fully saturated rings. The molecule has 4 heteroatoms. The molecule has 1 aliphatic heterocycles. The SMILES string of the molecule is COc1cccc(C(=O)N(C)CCN2CCCCC2)c1. The molecule has 0 radical (unpaired) electrons. The van der Waals surface area contributed by atoms with Gasteiger partial charge in [-0.15, -0.1) is 0 Å². The predicted octanol–water partition coefficient (Wildman–Crippen LogP) is 2.25. The van der Waals surface area contributed by atoms with Crippen molar-refractivity contribution in [2.24, 2.45) is 0 Å². The summed E-state index contributed by atoms with van der Waals surface area (Å²) in [4.78, 5) is 16.6. The first-order chi connectivity index (χ1) is 9.70. The maximum atomic E-state index is 12.3. The molecule has 110 valence electrons. The van der Waals surface area contributed by atoms with Gasteiger partial charge in [0.15, 0.2) is 0 Å². The molecule has 1 saturated heterocycles. The Hall–Kier alpha value is -1.55. The van der Waals surface area contributed by atoms with E-state index in [0.29, 0.717) is 5.56 Å². The summed E-state index contributed by atoms with van der Waals surface area (Å²) in [5.41, 5.74) is 0.686. The Labute approximate surface area is 121 Å². The number of carbonyl (C=O) groups excluding carboxylic acids is 1. The van der Waals surface area contributed by atoms with E-state index in [4.69, 9.17) is 4.74 Å². The summed E-state index contributed by atoms with van der Waals surface area (Å²) >= 11 is 0. The van der Waals surface area contributed by atoms with Gasteiger partial charge in [-0.05, 0) is 44.1 Å². The molecule has 0 aliphatic carbocycles. The normalized spacial score (nSPS) is 15.9. The highest BCUT2D eigenvalue weighted by Gasteiger charge is 2.15. The number of likely N-dealkylation sites (N-methyl/N-ethyl adjacent to an activating group) is 1. The Morgan fingerprint density at radius 1 is 1.30 bits per heavy atom. The van der Waals surface area contributed by atoms with E-state index < -0.39 is 0 Å². The standard InChI is InChI=1S/C16H24N2O2/c1-17(11-12-18-9-4-3-5-10-18)16(19)14-7-6-8-15(13-14)20-2/h6-8,13H,3-5,9-12H2,1-2H3. The lowest BCUT2D eigenvalue weighted by Crippen LogP contribution is -2.38. The minimum atomic E-state index is 0.0564. The van der Waals surface area contributed by atoms with Crippen molar-refractivity contribution in [2.45, 2.75) is 19.3 Å². The largest absolute Gasteiger partial charge is 0.497 e. The van der Waals surface area contributed by atoms with Crippen LogP contribution in [0.25, 0.3) is 0 Å². The predicted molar refractivity (Wildman–Crippen MR) is 80.2 cm³/mol. The van der Waals surface area contributed by atoms with E-state index in [2.05, 4.69) is 4.90 Å². The highest BCUT2D eigenvalue weighted by molar-refractivity contribution is 5.94. The summed E-state index contributed by atoms with van der Waals surface area (Å²) in [6, 6.07) is 7.33. The fourth-order valence-corrected chi connectivity index (χ4v) is 2.55. The van der Waals surface area contributed by atoms with Crippen molar-refractivity contribution in [1.82, 2.24) is 9.80 Å². The summed E-state index contributed by atoms with van der Waals surface area (Å²) in [6.07, 6.45) is 3.91. The number of carbonyl (C=O) groups is 1. The van der Waals surface area contributed by atoms with Gasteiger partial charge in [-0.2, -0.15) is 0 Å². The van der Waals surface area contributed by atoms with Crippen molar-refractivity contribution in [2.75, 3.05) is 40.3 Å². The first kappa shape index (κ1) is 14.9. The van der Waals surface area contributed by atoms with Crippen LogP contribution in [0.15, 0.2) is 24.3 Å². The van der Waals surface area contributed by atoms with E-state index in [1.54, 1.807) is 18.1 Å². The van der Waals surface area contributed by atoms with Crippen LogP contribution in [-0.2, 0) is 0 Å². The lowest BCUT2D eigenvalue weighted by atomic mass is 10.1. The van der Waals surface area contributed by atoms with Gasteiger partial charge < -0.3 is 14.5 Å². The number of hydrogen-bond donors (Lipinski definition) is 0. The van der Waals surface area contributed by atoms with Crippen LogP contribution in [-0.4, -0.2) is 56.0 Å². The number of amides is 1. The van der Waals surface area contributed by atoms with Gasteiger partial charge in [-0.25, -0.2) is 0 Å². The van der Waals surface area contributed by atoms with Gasteiger partial charge >= 0.3 is 0 Å². The molecule has 0 aromatic heterocycles. The lowest BCUT2D eigenvalue weighted by Gasteiger charge is -2.28. The van der Waals surface area contributed by atoms with Crippen molar-refractivity contribution in [1.29, 1.82) is 0 Å². The molecule has 0 atom stereocenters. The summed E-state index contributed by atoms with van der Waals surface area (Å²) in [6.45, 7) is 4.07. The van der Waals surface area contributed by atoms with Gasteiger partial charge in [0.25, 0.3) is 5.91 Å². The number of rotatable bonds is 5. The van der Waals surface area contributed by atoms with Gasteiger partial charge in [0.2, 0.25) is 0 Å². The first-order valence-corrected chi connectivity index (χ1v) is 7.32. The van der Waals surface area contributed by atoms with Crippen molar-refractivity contribution in [3.8, 4) is 5.75 Å². The smallest absolute Gasteiger partial charge is 0.253 e. The molecule has 2 rings (SSSR count). The third-order valence-electron chi connectivity index (χ3n) is 3.86. The van der Waals surface area contributed by atoms with Crippen molar-refractivity contribution in [3.63, 3.8) is 0 Å². The first-order valence-electron chi connectivity index (χ1n) is 7.32. The molecule has 0 spiro atoms. The van der Waals surface area contributed by atoms with Gasteiger partial charge in [-0.3, -0.25) is 4.79 Å². The zero-order valence-corrected chi connectivity index (χ0v) is 12.5. The van der Waals surface area contributed by atoms with E-state index in [-0.39, 0.29) is 5.91 Å². The number of nitrogens with zero attached hydrogens (tertiary/aromatic N) is 2. The summed E-state index contributed by atoms with van der Waals surface area (Å²) in [5, 5.41) is 0. The van der Waals surface area contributed by atoms with Crippen LogP contribution in [0.5, 0.6) is 5.75 Å². The van der Waals surface area contributed by atoms with Gasteiger partial charge in [0.05, 0.1) is 7.11 Å². The number of benzene rings is 1. The van der Waals surface area contributed by atoms with Gasteiger partial charge in [0, 0.05) is 25.7 Å². The summed E-state index contributed by atoms with van der Waals surface area (Å²) in [7, 11) is 3.48. The third-order valence-corrected chi connectivity index (χ3v) is 3.86. The molecule has 0 N–H and O–H groups in total. The van der Waals surface area contributed by atoms with Crippen LogP contribution < -0.4 is 4.74 Å². The Kier molecular flexibility index (Phi) is 5.41. The van der Waals surface area contributed by atoms with E-state index in [1.807, 2.05) is 25.2 Å². The van der Waals surface area contributed by atoms with Crippen LogP contribution in [0.3, 0.4) is 0 Å². The molecule has 1 aliphatic rings. The molecule has 1 heterocycles. The Balaban J connectivity index is 1.87. The molecular weight excluding hydrogens is 252 g/mol. The highest BCUT2D eigenvalue weighted by atomic mass is 16.5. The van der Waals surface area contributed by atoms with E-state index in [9.17, 15) is 4.79 Å². The maximum Gasteiger partial charge on any atom is 0.253 e. The van der Waals surface area contributed by atoms with Gasteiger partial charge in [0.1, 0.15) is 5.75 Å². The Morgan fingerprint density at radius 2 is 2.05 bits per heavy atom. The monoisotopic (exact) mass is 276 g/mol. The lowest BCUT2D eigenvalue weighted by molar-refractivity contribution is 0.0772. The Morgan fingerprint density at radius 3 is 2.75 bits per heavy atom. The molecule has 0 bridgehead atoms. The molecule has 4 nitrogen and oxygen atoms in total. The number of methoxy groups -OCH3 is 1. The molecular formula is C16H24N2O2. The van der Waals surface area contributed by atoms with Crippen LogP contribution in [0.2, 0.25) is 0 Å². The second-order valence-electron chi connectivity index (χ2n) is 5.36. The molecule has 0 unspecified atom stereocenters. The fourth-order valence-electron chi connectivity index (χ4n) is 2.55. The molecule has 20 heavy (non-hydrogen) atoms. The topological polar surface area (TPSA) is 32.8 Å². The zero-order valence-electron chi connectivity index (χ0n) is 12.5. The average Bonchev–Trinajstić information content (AvgIpc) is 2.53. The molecule has 1 aromatic carbocycles. The minimum absolute atomic E-state index is 0.0564. The number of ether oxygens (including phenoxy) is 1. The second kappa shape index (κ2) is 7.29. The van der Waals surface area contributed by atoms with Crippen molar-refractivity contribution < 1.29 is 9.53 Å². The highest BCUT2D eigenvalue weighted by Crippen LogP contribution is 2.14. The molecule has 1 amide bonds. The van der Waals surface area contributed by atoms with Crippen LogP contribution in [0.1, 0.15) is 29.6 Å². The van der Waals surface area contributed by atoms with Crippen molar-refractivity contribution >= 4 is 5.91 Å².